The molecule has 0 heterocycles. The van der Waals surface area contributed by atoms with Crippen LogP contribution in [0.3, 0.4) is 0 Å². The van der Waals surface area contributed by atoms with Gasteiger partial charge in [0.2, 0.25) is 5.12 Å². The lowest BCUT2D eigenvalue weighted by Gasteiger charge is -2.05. The lowest BCUT2D eigenvalue weighted by Crippen LogP contribution is -1.94. The van der Waals surface area contributed by atoms with Crippen LogP contribution in [0.4, 0.5) is 0 Å². The maximum absolute atomic E-state index is 10.8. The van der Waals surface area contributed by atoms with Gasteiger partial charge in [0.25, 0.3) is 0 Å². The molecule has 0 spiro atoms. The van der Waals surface area contributed by atoms with Crippen LogP contribution in [-0.4, -0.2) is 5.12 Å². The lowest BCUT2D eigenvalue weighted by atomic mass is 10.0. The van der Waals surface area contributed by atoms with Gasteiger partial charge in [-0.2, -0.15) is 0 Å². The van der Waals surface area contributed by atoms with Crippen molar-refractivity contribution in [1.29, 1.82) is 0 Å². The number of hydrogen-bond acceptors (Lipinski definition) is 1. The Hall–Kier alpha value is -0.240. The van der Waals surface area contributed by atoms with E-state index < -0.39 is 0 Å². The first-order valence-corrected chi connectivity index (χ1v) is 4.50. The van der Waals surface area contributed by atoms with Gasteiger partial charge in [-0.15, -0.1) is 12.6 Å². The summed E-state index contributed by atoms with van der Waals surface area (Å²) in [7, 11) is 0. The van der Waals surface area contributed by atoms with Crippen LogP contribution in [0.5, 0.6) is 0 Å². The number of carbonyl (C=O) groups is 1. The second-order valence-corrected chi connectivity index (χ2v) is 3.04. The first-order chi connectivity index (χ1) is 5.13. The van der Waals surface area contributed by atoms with Gasteiger partial charge in [0, 0.05) is 5.57 Å². The van der Waals surface area contributed by atoms with Crippen molar-refractivity contribution in [3.8, 4) is 0 Å². The summed E-state index contributed by atoms with van der Waals surface area (Å²) in [6, 6.07) is 0. The van der Waals surface area contributed by atoms with E-state index in [4.69, 9.17) is 0 Å². The summed E-state index contributed by atoms with van der Waals surface area (Å²) < 4.78 is 0. The van der Waals surface area contributed by atoms with E-state index in [9.17, 15) is 4.79 Å². The Balaban J connectivity index is 4.39. The van der Waals surface area contributed by atoms with E-state index in [-0.39, 0.29) is 5.12 Å². The molecule has 11 heavy (non-hydrogen) atoms. The maximum Gasteiger partial charge on any atom is 0.211 e. The van der Waals surface area contributed by atoms with Crippen molar-refractivity contribution in [2.45, 2.75) is 40.0 Å². The molecule has 0 radical (unpaired) electrons. The van der Waals surface area contributed by atoms with E-state index in [2.05, 4.69) is 26.5 Å². The van der Waals surface area contributed by atoms with Gasteiger partial charge in [0.15, 0.2) is 0 Å². The number of carbonyl (C=O) groups excluding carboxylic acids is 1. The molecule has 0 aliphatic heterocycles. The van der Waals surface area contributed by atoms with Crippen LogP contribution in [0.15, 0.2) is 11.1 Å². The zero-order valence-corrected chi connectivity index (χ0v) is 8.37. The normalized spacial score (nSPS) is 12.7. The van der Waals surface area contributed by atoms with Crippen molar-refractivity contribution in [1.82, 2.24) is 0 Å². The van der Waals surface area contributed by atoms with Crippen LogP contribution in [-0.2, 0) is 4.79 Å². The van der Waals surface area contributed by atoms with Crippen LogP contribution in [0.2, 0.25) is 0 Å². The van der Waals surface area contributed by atoms with Gasteiger partial charge in [-0.05, 0) is 19.8 Å². The highest BCUT2D eigenvalue weighted by Crippen LogP contribution is 2.16. The fraction of sp³-hybridized carbons (Fsp3) is 0.667. The van der Waals surface area contributed by atoms with Crippen LogP contribution < -0.4 is 0 Å². The molecule has 0 saturated heterocycles. The van der Waals surface area contributed by atoms with Gasteiger partial charge < -0.3 is 0 Å². The van der Waals surface area contributed by atoms with Gasteiger partial charge in [-0.25, -0.2) is 0 Å². The van der Waals surface area contributed by atoms with Crippen LogP contribution in [0, 0.1) is 0 Å². The highest BCUT2D eigenvalue weighted by Gasteiger charge is 2.03. The van der Waals surface area contributed by atoms with E-state index in [0.717, 1.165) is 24.8 Å². The Labute approximate surface area is 74.3 Å². The first kappa shape index (κ1) is 10.8. The predicted molar refractivity (Wildman–Crippen MR) is 51.9 cm³/mol. The first-order valence-electron chi connectivity index (χ1n) is 4.05. The molecule has 0 atom stereocenters. The molecule has 1 nitrogen and oxygen atoms in total. The molecule has 64 valence electrons. The Bertz CT molecular complexity index is 170. The highest BCUT2D eigenvalue weighted by atomic mass is 32.1. The Morgan fingerprint density at radius 3 is 2.18 bits per heavy atom. The van der Waals surface area contributed by atoms with E-state index >= 15 is 0 Å². The third-order valence-electron chi connectivity index (χ3n) is 1.83. The molecule has 2 heteroatoms. The molecule has 0 amide bonds. The molecule has 0 aromatic carbocycles. The summed E-state index contributed by atoms with van der Waals surface area (Å²) in [4.78, 5) is 10.8. The molecule has 0 aliphatic carbocycles. The average Bonchev–Trinajstić information content (AvgIpc) is 1.98. The van der Waals surface area contributed by atoms with Crippen molar-refractivity contribution in [2.24, 2.45) is 0 Å². The van der Waals surface area contributed by atoms with Crippen molar-refractivity contribution in [2.75, 3.05) is 0 Å². The maximum atomic E-state index is 10.8. The van der Waals surface area contributed by atoms with Gasteiger partial charge in [-0.3, -0.25) is 4.79 Å². The van der Waals surface area contributed by atoms with Crippen molar-refractivity contribution < 1.29 is 4.79 Å². The summed E-state index contributed by atoms with van der Waals surface area (Å²) in [5.41, 5.74) is 2.07. The third kappa shape index (κ3) is 3.61. The summed E-state index contributed by atoms with van der Waals surface area (Å²) >= 11 is 3.78. The van der Waals surface area contributed by atoms with E-state index in [1.165, 1.54) is 5.57 Å². The molecule has 0 aliphatic rings. The minimum Gasteiger partial charge on any atom is -0.282 e. The molecule has 0 fully saturated rings. The fourth-order valence-corrected chi connectivity index (χ4v) is 1.24. The number of allylic oxidation sites excluding steroid dienone is 1. The van der Waals surface area contributed by atoms with Crippen molar-refractivity contribution >= 4 is 17.7 Å². The monoisotopic (exact) mass is 172 g/mol. The zero-order chi connectivity index (χ0) is 8.85. The van der Waals surface area contributed by atoms with Crippen LogP contribution in [0.25, 0.3) is 0 Å². The van der Waals surface area contributed by atoms with Crippen LogP contribution in [0.1, 0.15) is 40.0 Å². The second kappa shape index (κ2) is 5.42. The number of thiol groups is 1. The molecule has 0 unspecified atom stereocenters. The Morgan fingerprint density at radius 1 is 1.36 bits per heavy atom. The van der Waals surface area contributed by atoms with Gasteiger partial charge >= 0.3 is 0 Å². The van der Waals surface area contributed by atoms with Gasteiger partial charge in [0.05, 0.1) is 0 Å². The number of rotatable bonds is 4. The van der Waals surface area contributed by atoms with Crippen molar-refractivity contribution in [3.05, 3.63) is 11.1 Å². The number of hydrogen-bond donors (Lipinski definition) is 1. The molecule has 0 aromatic rings. The molecule has 0 aromatic heterocycles. The Kier molecular flexibility index (Phi) is 5.30. The van der Waals surface area contributed by atoms with Crippen LogP contribution >= 0.6 is 12.6 Å². The van der Waals surface area contributed by atoms with E-state index in [0.29, 0.717) is 0 Å². The molecule has 0 rings (SSSR count). The molecule has 0 saturated carbocycles. The predicted octanol–water partition coefficient (Wildman–Crippen LogP) is 2.97. The lowest BCUT2D eigenvalue weighted by molar-refractivity contribution is -0.107. The smallest absolute Gasteiger partial charge is 0.211 e. The SMILES string of the molecule is CCCC(CC)=C(C)C(=O)S. The third-order valence-corrected chi connectivity index (χ3v) is 2.17. The van der Waals surface area contributed by atoms with Gasteiger partial charge in [-0.1, -0.05) is 25.8 Å². The van der Waals surface area contributed by atoms with E-state index in [1.807, 2.05) is 6.92 Å². The topological polar surface area (TPSA) is 17.1 Å². The molecular weight excluding hydrogens is 156 g/mol. The average molecular weight is 172 g/mol. The highest BCUT2D eigenvalue weighted by molar-refractivity contribution is 7.97. The minimum absolute atomic E-state index is 0.0877. The molecule has 0 bridgehead atoms. The Morgan fingerprint density at radius 2 is 1.91 bits per heavy atom. The summed E-state index contributed by atoms with van der Waals surface area (Å²) in [6.45, 7) is 6.04. The molecule has 0 N–H and O–H groups in total. The van der Waals surface area contributed by atoms with E-state index in [1.54, 1.807) is 0 Å². The summed E-state index contributed by atoms with van der Waals surface area (Å²) in [6.07, 6.45) is 3.09. The van der Waals surface area contributed by atoms with Gasteiger partial charge in [0.1, 0.15) is 0 Å². The molecular formula is C9H16OS. The second-order valence-electron chi connectivity index (χ2n) is 2.64. The standard InChI is InChI=1S/C9H16OS/c1-4-6-8(5-2)7(3)9(10)11/h4-6H2,1-3H3,(H,10,11). The summed E-state index contributed by atoms with van der Waals surface area (Å²) in [5, 5.41) is -0.0877. The zero-order valence-electron chi connectivity index (χ0n) is 7.48. The minimum atomic E-state index is -0.0877. The quantitative estimate of drug-likeness (QED) is 0.509. The largest absolute Gasteiger partial charge is 0.282 e. The summed E-state index contributed by atoms with van der Waals surface area (Å²) in [5.74, 6) is 0. The van der Waals surface area contributed by atoms with Crippen molar-refractivity contribution in [3.63, 3.8) is 0 Å². The fourth-order valence-electron chi connectivity index (χ4n) is 1.08.